The number of halogens is 2. The van der Waals surface area contributed by atoms with E-state index in [-0.39, 0.29) is 48.2 Å². The normalized spacial score (nSPS) is 21.2. The number of hydrogen-bond acceptors (Lipinski definition) is 6. The third kappa shape index (κ3) is 5.00. The molecule has 7 nitrogen and oxygen atoms in total. The molecule has 1 N–H and O–H groups in total. The molecule has 3 aromatic rings. The first-order chi connectivity index (χ1) is 20.3. The number of aromatic nitrogens is 1. The summed E-state index contributed by atoms with van der Waals surface area (Å²) in [6.07, 6.45) is 7.40. The summed E-state index contributed by atoms with van der Waals surface area (Å²) in [4.78, 5) is 33.6. The van der Waals surface area contributed by atoms with E-state index >= 15 is 4.39 Å². The summed E-state index contributed by atoms with van der Waals surface area (Å²) in [6, 6.07) is 14.7. The Morgan fingerprint density at radius 2 is 1.88 bits per heavy atom. The van der Waals surface area contributed by atoms with Crippen LogP contribution in [0.5, 0.6) is 0 Å². The molecule has 1 atom stereocenters. The van der Waals surface area contributed by atoms with Gasteiger partial charge in [-0.25, -0.2) is 4.39 Å². The standard InChI is InChI=1S/C33H31ClFN3O4/c34-25-9-7-24(8-10-25)33(42-20-32(19-39)12-13-32)29-27(31(41)38(33)18-26-11-6-21(16-36)17-37-26)14-23(15-28(29)35)30(40)22-4-2-1-3-5-22/h6-11,14-15,17,22,39H,1-5,12-13,18-20H2/t33-/m1/s1. The second kappa shape index (κ2) is 11.2. The summed E-state index contributed by atoms with van der Waals surface area (Å²) in [6.45, 7) is -0.0728. The summed E-state index contributed by atoms with van der Waals surface area (Å²) >= 11 is 6.23. The lowest BCUT2D eigenvalue weighted by Crippen LogP contribution is -2.48. The van der Waals surface area contributed by atoms with Crippen molar-refractivity contribution in [3.05, 3.63) is 99.1 Å². The van der Waals surface area contributed by atoms with Gasteiger partial charge in [0, 0.05) is 33.7 Å². The molecule has 0 bridgehead atoms. The molecule has 2 aliphatic carbocycles. The Hall–Kier alpha value is -3.64. The van der Waals surface area contributed by atoms with Gasteiger partial charge in [-0.2, -0.15) is 5.26 Å². The molecule has 1 amide bonds. The third-order valence-corrected chi connectivity index (χ3v) is 9.19. The molecule has 0 unspecified atom stereocenters. The second-order valence-corrected chi connectivity index (χ2v) is 12.2. The Balaban J connectivity index is 1.51. The Morgan fingerprint density at radius 1 is 1.14 bits per heavy atom. The predicted octanol–water partition coefficient (Wildman–Crippen LogP) is 6.15. The van der Waals surface area contributed by atoms with Crippen molar-refractivity contribution in [2.75, 3.05) is 13.2 Å². The van der Waals surface area contributed by atoms with Crippen LogP contribution in [0.3, 0.4) is 0 Å². The van der Waals surface area contributed by atoms with E-state index in [1.807, 2.05) is 6.07 Å². The SMILES string of the molecule is N#Cc1ccc(CN2C(=O)c3cc(C(=O)C4CCCCC4)cc(F)c3[C@]2(OCC2(CO)CC2)c2ccc(Cl)cc2)nc1. The van der Waals surface area contributed by atoms with Crippen LogP contribution in [0.25, 0.3) is 0 Å². The summed E-state index contributed by atoms with van der Waals surface area (Å²) in [5.41, 5.74) is -0.602. The van der Waals surface area contributed by atoms with Crippen LogP contribution in [0.15, 0.2) is 54.7 Å². The van der Waals surface area contributed by atoms with Gasteiger partial charge in [0.15, 0.2) is 11.5 Å². The molecule has 0 spiro atoms. The van der Waals surface area contributed by atoms with Crippen molar-refractivity contribution in [1.29, 1.82) is 5.26 Å². The fourth-order valence-corrected chi connectivity index (χ4v) is 6.33. The van der Waals surface area contributed by atoms with Crippen molar-refractivity contribution in [1.82, 2.24) is 9.88 Å². The van der Waals surface area contributed by atoms with E-state index in [9.17, 15) is 20.0 Å². The summed E-state index contributed by atoms with van der Waals surface area (Å²) in [5, 5.41) is 19.8. The number of carbonyl (C=O) groups is 2. The predicted molar refractivity (Wildman–Crippen MR) is 153 cm³/mol. The number of hydrogen-bond donors (Lipinski definition) is 1. The van der Waals surface area contributed by atoms with Gasteiger partial charge in [-0.1, -0.05) is 43.0 Å². The summed E-state index contributed by atoms with van der Waals surface area (Å²) in [5.74, 6) is -1.55. The number of aliphatic hydroxyl groups excluding tert-OH is 1. The van der Waals surface area contributed by atoms with Crippen molar-refractivity contribution >= 4 is 23.3 Å². The van der Waals surface area contributed by atoms with Crippen molar-refractivity contribution < 1.29 is 23.8 Å². The molecule has 0 saturated heterocycles. The van der Waals surface area contributed by atoms with Crippen LogP contribution in [-0.2, 0) is 17.0 Å². The molecule has 42 heavy (non-hydrogen) atoms. The van der Waals surface area contributed by atoms with E-state index in [0.717, 1.165) is 44.9 Å². The third-order valence-electron chi connectivity index (χ3n) is 8.93. The van der Waals surface area contributed by atoms with E-state index in [1.165, 1.54) is 23.2 Å². The molecule has 2 aromatic carbocycles. The van der Waals surface area contributed by atoms with Crippen LogP contribution in [0.1, 0.15) is 88.0 Å². The number of rotatable bonds is 9. The number of ether oxygens (including phenoxy) is 1. The smallest absolute Gasteiger partial charge is 0.257 e. The average molecular weight is 588 g/mol. The fraction of sp³-hybridized carbons (Fsp3) is 0.394. The van der Waals surface area contributed by atoms with Crippen LogP contribution in [0, 0.1) is 28.5 Å². The fourth-order valence-electron chi connectivity index (χ4n) is 6.21. The molecule has 1 aliphatic heterocycles. The van der Waals surface area contributed by atoms with Gasteiger partial charge in [0.1, 0.15) is 11.9 Å². The van der Waals surface area contributed by atoms with E-state index < -0.39 is 22.9 Å². The zero-order chi connectivity index (χ0) is 29.5. The van der Waals surface area contributed by atoms with Crippen LogP contribution in [0.4, 0.5) is 4.39 Å². The van der Waals surface area contributed by atoms with Gasteiger partial charge in [-0.15, -0.1) is 0 Å². The van der Waals surface area contributed by atoms with Crippen molar-refractivity contribution in [3.8, 4) is 6.07 Å². The molecule has 0 radical (unpaired) electrons. The van der Waals surface area contributed by atoms with Crippen molar-refractivity contribution in [2.45, 2.75) is 57.2 Å². The molecule has 2 fully saturated rings. The molecule has 2 heterocycles. The topological polar surface area (TPSA) is 104 Å². The van der Waals surface area contributed by atoms with E-state index in [1.54, 1.807) is 36.4 Å². The highest BCUT2D eigenvalue weighted by atomic mass is 35.5. The Kier molecular flexibility index (Phi) is 7.61. The van der Waals surface area contributed by atoms with Crippen molar-refractivity contribution in [3.63, 3.8) is 0 Å². The minimum absolute atomic E-state index is 0.0254. The van der Waals surface area contributed by atoms with E-state index in [2.05, 4.69) is 4.98 Å². The van der Waals surface area contributed by atoms with Crippen LogP contribution >= 0.6 is 11.6 Å². The zero-order valence-corrected chi connectivity index (χ0v) is 23.9. The number of fused-ring (bicyclic) bond motifs is 1. The zero-order valence-electron chi connectivity index (χ0n) is 23.1. The maximum Gasteiger partial charge on any atom is 0.257 e. The Labute approximate surface area is 248 Å². The van der Waals surface area contributed by atoms with Gasteiger partial charge in [-0.3, -0.25) is 19.5 Å². The maximum absolute atomic E-state index is 16.5. The quantitative estimate of drug-likeness (QED) is 0.301. The van der Waals surface area contributed by atoms with Gasteiger partial charge in [-0.05, 0) is 62.1 Å². The molecule has 6 rings (SSSR count). The van der Waals surface area contributed by atoms with Gasteiger partial charge >= 0.3 is 0 Å². The molecule has 9 heteroatoms. The molecule has 3 aliphatic rings. The van der Waals surface area contributed by atoms with Crippen LogP contribution < -0.4 is 0 Å². The number of nitrogens with zero attached hydrogens (tertiary/aromatic N) is 3. The maximum atomic E-state index is 16.5. The summed E-state index contributed by atoms with van der Waals surface area (Å²) in [7, 11) is 0. The van der Waals surface area contributed by atoms with Gasteiger partial charge in [0.25, 0.3) is 5.91 Å². The number of benzene rings is 2. The Bertz CT molecular complexity index is 1560. The highest BCUT2D eigenvalue weighted by molar-refractivity contribution is 6.30. The number of nitriles is 1. The first kappa shape index (κ1) is 28.5. The van der Waals surface area contributed by atoms with Gasteiger partial charge in [0.05, 0.1) is 42.1 Å². The molecule has 2 saturated carbocycles. The van der Waals surface area contributed by atoms with Gasteiger partial charge < -0.3 is 9.84 Å². The number of aliphatic hydroxyl groups is 1. The number of amides is 1. The number of pyridine rings is 1. The number of ketones is 1. The van der Waals surface area contributed by atoms with Crippen molar-refractivity contribution in [2.24, 2.45) is 11.3 Å². The van der Waals surface area contributed by atoms with E-state index in [0.29, 0.717) is 21.8 Å². The lowest BCUT2D eigenvalue weighted by atomic mass is 9.83. The lowest BCUT2D eigenvalue weighted by molar-refractivity contribution is -0.130. The largest absolute Gasteiger partial charge is 0.396 e. The minimum atomic E-state index is -1.71. The monoisotopic (exact) mass is 587 g/mol. The number of carbonyl (C=O) groups excluding carboxylic acids is 2. The lowest BCUT2D eigenvalue weighted by Gasteiger charge is -2.40. The van der Waals surface area contributed by atoms with E-state index in [4.69, 9.17) is 16.3 Å². The minimum Gasteiger partial charge on any atom is -0.396 e. The first-order valence-corrected chi connectivity index (χ1v) is 14.7. The van der Waals surface area contributed by atoms with Gasteiger partial charge in [0.2, 0.25) is 0 Å². The molecule has 1 aromatic heterocycles. The van der Waals surface area contributed by atoms with Crippen LogP contribution in [-0.4, -0.2) is 39.9 Å². The number of Topliss-reactive ketones (excluding diaryl/α,β-unsaturated/α-hetero) is 1. The second-order valence-electron chi connectivity index (χ2n) is 11.7. The first-order valence-electron chi connectivity index (χ1n) is 14.4. The Morgan fingerprint density at radius 3 is 2.50 bits per heavy atom. The highest BCUT2D eigenvalue weighted by Gasteiger charge is 2.56. The highest BCUT2D eigenvalue weighted by Crippen LogP contribution is 2.52. The molecule has 216 valence electrons. The molecular formula is C33H31ClFN3O4. The molecular weight excluding hydrogens is 557 g/mol. The average Bonchev–Trinajstić information content (AvgIpc) is 3.77. The summed E-state index contributed by atoms with van der Waals surface area (Å²) < 4.78 is 23.2. The van der Waals surface area contributed by atoms with Crippen LogP contribution in [0.2, 0.25) is 5.02 Å².